The Morgan fingerprint density at radius 3 is 2.48 bits per heavy atom. The number of fused-ring (bicyclic) bond motifs is 1. The Kier molecular flexibility index (Phi) is 3.07. The van der Waals surface area contributed by atoms with Crippen molar-refractivity contribution in [1.29, 1.82) is 0 Å². The number of rotatable bonds is 2. The van der Waals surface area contributed by atoms with Crippen LogP contribution in [0, 0.1) is 0 Å². The Balaban J connectivity index is 1.83. The standard InChI is InChI=1S/C15H16F3NO2/c1-14(2,3)21-13-12(20-13)11-7-8-6-9(15(16,17)18)4-5-10(8)19-11/h4-7,12-13,19H,1-3H3. The number of hydrogen-bond donors (Lipinski definition) is 1. The van der Waals surface area contributed by atoms with Gasteiger partial charge in [0.25, 0.3) is 0 Å². The molecule has 1 fully saturated rings. The maximum Gasteiger partial charge on any atom is 0.416 e. The zero-order chi connectivity index (χ0) is 15.4. The molecule has 2 aromatic rings. The molecule has 0 aliphatic carbocycles. The number of halogens is 3. The van der Waals surface area contributed by atoms with E-state index in [9.17, 15) is 13.2 Å². The normalized spacial score (nSPS) is 22.8. The summed E-state index contributed by atoms with van der Waals surface area (Å²) in [7, 11) is 0. The Bertz CT molecular complexity index is 670. The van der Waals surface area contributed by atoms with Gasteiger partial charge in [-0.05, 0) is 45.0 Å². The molecule has 0 saturated carbocycles. The molecule has 2 unspecified atom stereocenters. The van der Waals surface area contributed by atoms with Crippen molar-refractivity contribution in [1.82, 2.24) is 4.98 Å². The van der Waals surface area contributed by atoms with Crippen molar-refractivity contribution in [3.63, 3.8) is 0 Å². The van der Waals surface area contributed by atoms with Crippen molar-refractivity contribution in [3.05, 3.63) is 35.5 Å². The largest absolute Gasteiger partial charge is 0.416 e. The van der Waals surface area contributed by atoms with Crippen molar-refractivity contribution >= 4 is 10.9 Å². The van der Waals surface area contributed by atoms with Gasteiger partial charge in [-0.1, -0.05) is 0 Å². The van der Waals surface area contributed by atoms with Gasteiger partial charge in [0.2, 0.25) is 0 Å². The average molecular weight is 299 g/mol. The summed E-state index contributed by atoms with van der Waals surface area (Å²) >= 11 is 0. The molecule has 114 valence electrons. The number of hydrogen-bond acceptors (Lipinski definition) is 2. The summed E-state index contributed by atoms with van der Waals surface area (Å²) in [6.45, 7) is 5.77. The van der Waals surface area contributed by atoms with Gasteiger partial charge in [-0.2, -0.15) is 13.2 Å². The van der Waals surface area contributed by atoms with Gasteiger partial charge in [0.1, 0.15) is 0 Å². The second-order valence-electron chi connectivity index (χ2n) is 6.18. The van der Waals surface area contributed by atoms with Crippen LogP contribution in [0.15, 0.2) is 24.3 Å². The Hall–Kier alpha value is -1.53. The second kappa shape index (κ2) is 4.48. The highest BCUT2D eigenvalue weighted by atomic mass is 19.4. The molecule has 0 spiro atoms. The first-order valence-electron chi connectivity index (χ1n) is 6.67. The van der Waals surface area contributed by atoms with Crippen LogP contribution < -0.4 is 0 Å². The lowest BCUT2D eigenvalue weighted by Crippen LogP contribution is -2.21. The van der Waals surface area contributed by atoms with Crippen LogP contribution in [-0.2, 0) is 15.7 Å². The van der Waals surface area contributed by atoms with Crippen molar-refractivity contribution < 1.29 is 22.6 Å². The molecule has 1 aliphatic heterocycles. The van der Waals surface area contributed by atoms with E-state index < -0.39 is 11.7 Å². The molecule has 1 saturated heterocycles. The van der Waals surface area contributed by atoms with Gasteiger partial charge in [0, 0.05) is 10.9 Å². The minimum absolute atomic E-state index is 0.244. The van der Waals surface area contributed by atoms with Gasteiger partial charge < -0.3 is 14.5 Å². The fourth-order valence-electron chi connectivity index (χ4n) is 2.24. The predicted molar refractivity (Wildman–Crippen MR) is 71.8 cm³/mol. The summed E-state index contributed by atoms with van der Waals surface area (Å²) in [6.07, 6.45) is -4.93. The van der Waals surface area contributed by atoms with E-state index in [0.717, 1.165) is 17.8 Å². The molecule has 3 nitrogen and oxygen atoms in total. The van der Waals surface area contributed by atoms with Crippen molar-refractivity contribution in [2.45, 2.75) is 44.9 Å². The molecule has 0 radical (unpaired) electrons. The molecule has 1 aromatic carbocycles. The van der Waals surface area contributed by atoms with E-state index in [4.69, 9.17) is 9.47 Å². The van der Waals surface area contributed by atoms with E-state index in [1.165, 1.54) is 6.07 Å². The number of ether oxygens (including phenoxy) is 2. The Morgan fingerprint density at radius 1 is 1.14 bits per heavy atom. The Morgan fingerprint density at radius 2 is 1.86 bits per heavy atom. The third kappa shape index (κ3) is 3.06. The van der Waals surface area contributed by atoms with Crippen LogP contribution in [0.25, 0.3) is 10.9 Å². The third-order valence-electron chi connectivity index (χ3n) is 3.20. The summed E-state index contributed by atoms with van der Waals surface area (Å²) in [6, 6.07) is 5.32. The van der Waals surface area contributed by atoms with Gasteiger partial charge >= 0.3 is 6.18 Å². The molecule has 1 N–H and O–H groups in total. The fourth-order valence-corrected chi connectivity index (χ4v) is 2.24. The maximum absolute atomic E-state index is 12.7. The molecule has 6 heteroatoms. The zero-order valence-electron chi connectivity index (χ0n) is 11.9. The topological polar surface area (TPSA) is 37.5 Å². The van der Waals surface area contributed by atoms with Gasteiger partial charge in [-0.15, -0.1) is 0 Å². The lowest BCUT2D eigenvalue weighted by atomic mass is 10.1. The van der Waals surface area contributed by atoms with E-state index in [2.05, 4.69) is 4.98 Å². The highest BCUT2D eigenvalue weighted by molar-refractivity contribution is 5.81. The number of nitrogens with one attached hydrogen (secondary N) is 1. The van der Waals surface area contributed by atoms with E-state index in [-0.39, 0.29) is 18.0 Å². The molecule has 0 bridgehead atoms. The minimum Gasteiger partial charge on any atom is -0.356 e. The molecule has 3 rings (SSSR count). The molecule has 2 atom stereocenters. The first-order chi connectivity index (χ1) is 9.63. The average Bonchev–Trinajstić information content (AvgIpc) is 2.93. The van der Waals surface area contributed by atoms with Crippen LogP contribution in [0.4, 0.5) is 13.2 Å². The maximum atomic E-state index is 12.7. The zero-order valence-corrected chi connectivity index (χ0v) is 11.9. The van der Waals surface area contributed by atoms with Crippen LogP contribution in [-0.4, -0.2) is 16.9 Å². The van der Waals surface area contributed by atoms with Crippen LogP contribution in [0.5, 0.6) is 0 Å². The number of epoxide rings is 1. The predicted octanol–water partition coefficient (Wildman–Crippen LogP) is 4.40. The van der Waals surface area contributed by atoms with Crippen LogP contribution in [0.1, 0.15) is 38.1 Å². The number of alkyl halides is 3. The SMILES string of the molecule is CC(C)(C)OC1OC1c1cc2cc(C(F)(F)F)ccc2[nH]1. The number of benzene rings is 1. The van der Waals surface area contributed by atoms with E-state index in [1.54, 1.807) is 6.07 Å². The third-order valence-corrected chi connectivity index (χ3v) is 3.20. The summed E-state index contributed by atoms with van der Waals surface area (Å²) in [5.74, 6) is 0. The van der Waals surface area contributed by atoms with Gasteiger partial charge in [0.15, 0.2) is 12.4 Å². The van der Waals surface area contributed by atoms with Crippen LogP contribution in [0.2, 0.25) is 0 Å². The van der Waals surface area contributed by atoms with Crippen LogP contribution in [0.3, 0.4) is 0 Å². The van der Waals surface area contributed by atoms with Gasteiger partial charge in [-0.25, -0.2) is 0 Å². The highest BCUT2D eigenvalue weighted by Gasteiger charge is 2.45. The smallest absolute Gasteiger partial charge is 0.356 e. The van der Waals surface area contributed by atoms with Crippen molar-refractivity contribution in [3.8, 4) is 0 Å². The van der Waals surface area contributed by atoms with Crippen molar-refractivity contribution in [2.75, 3.05) is 0 Å². The molecule has 21 heavy (non-hydrogen) atoms. The van der Waals surface area contributed by atoms with E-state index >= 15 is 0 Å². The van der Waals surface area contributed by atoms with E-state index in [0.29, 0.717) is 10.9 Å². The minimum atomic E-state index is -4.33. The van der Waals surface area contributed by atoms with E-state index in [1.807, 2.05) is 20.8 Å². The fraction of sp³-hybridized carbons (Fsp3) is 0.467. The molecule has 1 aromatic heterocycles. The summed E-state index contributed by atoms with van der Waals surface area (Å²) in [5.41, 5.74) is 0.413. The molecular weight excluding hydrogens is 283 g/mol. The van der Waals surface area contributed by atoms with Gasteiger partial charge in [0.05, 0.1) is 16.9 Å². The number of H-pyrrole nitrogens is 1. The lowest BCUT2D eigenvalue weighted by molar-refractivity contribution is -0.137. The quantitative estimate of drug-likeness (QED) is 0.835. The van der Waals surface area contributed by atoms with Crippen molar-refractivity contribution in [2.24, 2.45) is 0 Å². The Labute approximate surface area is 120 Å². The monoisotopic (exact) mass is 299 g/mol. The number of aromatic amines is 1. The van der Waals surface area contributed by atoms with Crippen LogP contribution >= 0.6 is 0 Å². The van der Waals surface area contributed by atoms with Gasteiger partial charge in [-0.3, -0.25) is 0 Å². The first-order valence-corrected chi connectivity index (χ1v) is 6.67. The highest BCUT2D eigenvalue weighted by Crippen LogP contribution is 2.42. The molecule has 2 heterocycles. The summed E-state index contributed by atoms with van der Waals surface area (Å²) in [5, 5.41) is 0.518. The lowest BCUT2D eigenvalue weighted by Gasteiger charge is -2.17. The molecule has 1 aliphatic rings. The molecule has 0 amide bonds. The summed E-state index contributed by atoms with van der Waals surface area (Å²) in [4.78, 5) is 3.08. The summed E-state index contributed by atoms with van der Waals surface area (Å²) < 4.78 is 49.2. The first kappa shape index (κ1) is 14.4. The molecular formula is C15H16F3NO2. The number of aromatic nitrogens is 1. The second-order valence-corrected chi connectivity index (χ2v) is 6.18.